The Bertz CT molecular complexity index is 769. The monoisotopic (exact) mass is 323 g/mol. The standard InChI is InChI=1S/C20H21NO3/c1-2-14-6-5-7-15(10-14)11-19(22)21-12-16-8-3-4-9-17(16)18(13-21)20(23)24/h3-10,18H,2,11-13H2,1H3,(H,23,24). The van der Waals surface area contributed by atoms with Crippen LogP contribution in [0.15, 0.2) is 48.5 Å². The minimum absolute atomic E-state index is 0.0241. The zero-order chi connectivity index (χ0) is 17.1. The van der Waals surface area contributed by atoms with Crippen molar-refractivity contribution in [1.82, 2.24) is 4.90 Å². The molecular weight excluding hydrogens is 302 g/mol. The number of nitrogens with zero attached hydrogens (tertiary/aromatic N) is 1. The quantitative estimate of drug-likeness (QED) is 0.941. The molecule has 4 heteroatoms. The van der Waals surface area contributed by atoms with E-state index in [2.05, 4.69) is 6.92 Å². The molecule has 0 saturated heterocycles. The highest BCUT2D eigenvalue weighted by Crippen LogP contribution is 2.28. The Morgan fingerprint density at radius 3 is 2.62 bits per heavy atom. The number of benzene rings is 2. The van der Waals surface area contributed by atoms with E-state index in [1.54, 1.807) is 4.90 Å². The molecule has 0 aliphatic carbocycles. The summed E-state index contributed by atoms with van der Waals surface area (Å²) in [6.07, 6.45) is 1.24. The van der Waals surface area contributed by atoms with E-state index in [9.17, 15) is 14.7 Å². The van der Waals surface area contributed by atoms with Gasteiger partial charge >= 0.3 is 5.97 Å². The third-order valence-electron chi connectivity index (χ3n) is 4.60. The van der Waals surface area contributed by atoms with E-state index in [0.29, 0.717) is 13.0 Å². The van der Waals surface area contributed by atoms with Crippen molar-refractivity contribution in [2.45, 2.75) is 32.2 Å². The highest BCUT2D eigenvalue weighted by molar-refractivity contribution is 5.82. The molecule has 4 nitrogen and oxygen atoms in total. The molecule has 124 valence electrons. The highest BCUT2D eigenvalue weighted by Gasteiger charge is 2.32. The summed E-state index contributed by atoms with van der Waals surface area (Å²) in [5.41, 5.74) is 3.92. The lowest BCUT2D eigenvalue weighted by atomic mass is 9.89. The average molecular weight is 323 g/mol. The van der Waals surface area contributed by atoms with Crippen LogP contribution in [0, 0.1) is 0 Å². The number of carboxylic acids is 1. The molecule has 0 saturated carbocycles. The Kier molecular flexibility index (Phi) is 4.65. The molecule has 2 aromatic rings. The van der Waals surface area contributed by atoms with E-state index < -0.39 is 11.9 Å². The summed E-state index contributed by atoms with van der Waals surface area (Å²) in [5.74, 6) is -1.56. The Labute approximate surface area is 141 Å². The van der Waals surface area contributed by atoms with Gasteiger partial charge < -0.3 is 10.0 Å². The fourth-order valence-electron chi connectivity index (χ4n) is 3.25. The number of hydrogen-bond acceptors (Lipinski definition) is 2. The molecule has 0 spiro atoms. The summed E-state index contributed by atoms with van der Waals surface area (Å²) < 4.78 is 0. The topological polar surface area (TPSA) is 57.6 Å². The van der Waals surface area contributed by atoms with Gasteiger partial charge in [0.1, 0.15) is 0 Å². The molecule has 1 atom stereocenters. The van der Waals surface area contributed by atoms with Crippen LogP contribution in [0.25, 0.3) is 0 Å². The maximum absolute atomic E-state index is 12.7. The number of carbonyl (C=O) groups excluding carboxylic acids is 1. The molecule has 1 N–H and O–H groups in total. The summed E-state index contributed by atoms with van der Waals surface area (Å²) in [6, 6.07) is 15.5. The molecule has 24 heavy (non-hydrogen) atoms. The maximum atomic E-state index is 12.7. The lowest BCUT2D eigenvalue weighted by molar-refractivity contribution is -0.141. The van der Waals surface area contributed by atoms with Crippen molar-refractivity contribution in [2.24, 2.45) is 0 Å². The normalized spacial score (nSPS) is 16.5. The second-order valence-electron chi connectivity index (χ2n) is 6.21. The predicted molar refractivity (Wildman–Crippen MR) is 91.8 cm³/mol. The van der Waals surface area contributed by atoms with Crippen molar-refractivity contribution in [2.75, 3.05) is 6.54 Å². The van der Waals surface area contributed by atoms with Gasteiger partial charge in [-0.3, -0.25) is 9.59 Å². The highest BCUT2D eigenvalue weighted by atomic mass is 16.4. The minimum atomic E-state index is -0.882. The molecule has 0 bridgehead atoms. The van der Waals surface area contributed by atoms with Crippen LogP contribution in [0.1, 0.15) is 35.1 Å². The number of fused-ring (bicyclic) bond motifs is 1. The molecule has 0 radical (unpaired) electrons. The molecule has 1 heterocycles. The van der Waals surface area contributed by atoms with E-state index in [1.165, 1.54) is 5.56 Å². The fourth-order valence-corrected chi connectivity index (χ4v) is 3.25. The maximum Gasteiger partial charge on any atom is 0.312 e. The minimum Gasteiger partial charge on any atom is -0.481 e. The molecule has 1 aliphatic rings. The molecule has 3 rings (SSSR count). The van der Waals surface area contributed by atoms with Gasteiger partial charge in [0.25, 0.3) is 0 Å². The van der Waals surface area contributed by atoms with Crippen molar-refractivity contribution < 1.29 is 14.7 Å². The molecule has 1 aliphatic heterocycles. The van der Waals surface area contributed by atoms with Crippen LogP contribution in [0.5, 0.6) is 0 Å². The largest absolute Gasteiger partial charge is 0.481 e. The number of aliphatic carboxylic acids is 1. The van der Waals surface area contributed by atoms with E-state index in [-0.39, 0.29) is 12.5 Å². The van der Waals surface area contributed by atoms with Crippen molar-refractivity contribution >= 4 is 11.9 Å². The van der Waals surface area contributed by atoms with Gasteiger partial charge in [-0.25, -0.2) is 0 Å². The molecule has 2 aromatic carbocycles. The Hall–Kier alpha value is -2.62. The predicted octanol–water partition coefficient (Wildman–Crippen LogP) is 3.00. The van der Waals surface area contributed by atoms with Gasteiger partial charge in [0.05, 0.1) is 12.3 Å². The smallest absolute Gasteiger partial charge is 0.312 e. The number of amides is 1. The molecular formula is C20H21NO3. The second-order valence-corrected chi connectivity index (χ2v) is 6.21. The first kappa shape index (κ1) is 16.2. The lowest BCUT2D eigenvalue weighted by Crippen LogP contribution is -2.41. The zero-order valence-corrected chi connectivity index (χ0v) is 13.7. The number of aryl methyl sites for hydroxylation is 1. The second kappa shape index (κ2) is 6.87. The number of carbonyl (C=O) groups is 2. The Morgan fingerprint density at radius 2 is 1.88 bits per heavy atom. The summed E-state index contributed by atoms with van der Waals surface area (Å²) >= 11 is 0. The van der Waals surface area contributed by atoms with Crippen LogP contribution in [0.3, 0.4) is 0 Å². The summed E-state index contributed by atoms with van der Waals surface area (Å²) in [6.45, 7) is 2.80. The van der Waals surface area contributed by atoms with Gasteiger partial charge in [0.2, 0.25) is 5.91 Å². The van der Waals surface area contributed by atoms with Gasteiger partial charge in [-0.15, -0.1) is 0 Å². The van der Waals surface area contributed by atoms with Crippen LogP contribution in [-0.2, 0) is 29.0 Å². The summed E-state index contributed by atoms with van der Waals surface area (Å²) in [5, 5.41) is 9.50. The van der Waals surface area contributed by atoms with E-state index in [0.717, 1.165) is 23.1 Å². The Balaban J connectivity index is 1.79. The van der Waals surface area contributed by atoms with Crippen LogP contribution >= 0.6 is 0 Å². The molecule has 1 unspecified atom stereocenters. The number of hydrogen-bond donors (Lipinski definition) is 1. The fraction of sp³-hybridized carbons (Fsp3) is 0.300. The van der Waals surface area contributed by atoms with Crippen LogP contribution in [0.4, 0.5) is 0 Å². The van der Waals surface area contributed by atoms with Crippen molar-refractivity contribution in [3.8, 4) is 0 Å². The number of carboxylic acid groups (broad SMARTS) is 1. The van der Waals surface area contributed by atoms with Gasteiger partial charge in [-0.1, -0.05) is 55.5 Å². The third kappa shape index (κ3) is 3.32. The van der Waals surface area contributed by atoms with Crippen molar-refractivity contribution in [3.63, 3.8) is 0 Å². The van der Waals surface area contributed by atoms with Crippen molar-refractivity contribution in [3.05, 3.63) is 70.8 Å². The first-order valence-corrected chi connectivity index (χ1v) is 8.24. The SMILES string of the molecule is CCc1cccc(CC(=O)N2Cc3ccccc3C(C(=O)O)C2)c1. The molecule has 1 amide bonds. The van der Waals surface area contributed by atoms with E-state index >= 15 is 0 Å². The first-order chi connectivity index (χ1) is 11.6. The van der Waals surface area contributed by atoms with Crippen LogP contribution < -0.4 is 0 Å². The van der Waals surface area contributed by atoms with Gasteiger partial charge in [0.15, 0.2) is 0 Å². The van der Waals surface area contributed by atoms with Crippen molar-refractivity contribution in [1.29, 1.82) is 0 Å². The van der Waals surface area contributed by atoms with Gasteiger partial charge in [0, 0.05) is 13.1 Å². The summed E-state index contributed by atoms with van der Waals surface area (Å²) in [7, 11) is 0. The zero-order valence-electron chi connectivity index (χ0n) is 13.7. The van der Waals surface area contributed by atoms with E-state index in [1.807, 2.05) is 48.5 Å². The van der Waals surface area contributed by atoms with Gasteiger partial charge in [-0.2, -0.15) is 0 Å². The number of rotatable bonds is 4. The molecule has 0 aromatic heterocycles. The molecule has 0 fully saturated rings. The Morgan fingerprint density at radius 1 is 1.12 bits per heavy atom. The lowest BCUT2D eigenvalue weighted by Gasteiger charge is -2.33. The van der Waals surface area contributed by atoms with Gasteiger partial charge in [-0.05, 0) is 28.7 Å². The average Bonchev–Trinajstić information content (AvgIpc) is 2.60. The summed E-state index contributed by atoms with van der Waals surface area (Å²) in [4.78, 5) is 25.9. The van der Waals surface area contributed by atoms with E-state index in [4.69, 9.17) is 0 Å². The van der Waals surface area contributed by atoms with Crippen LogP contribution in [-0.4, -0.2) is 28.4 Å². The first-order valence-electron chi connectivity index (χ1n) is 8.24. The third-order valence-corrected chi connectivity index (χ3v) is 4.60. The van der Waals surface area contributed by atoms with Crippen LogP contribution in [0.2, 0.25) is 0 Å².